The van der Waals surface area contributed by atoms with E-state index in [0.717, 1.165) is 37.4 Å². The van der Waals surface area contributed by atoms with Crippen LogP contribution >= 0.6 is 0 Å². The van der Waals surface area contributed by atoms with Crippen LogP contribution in [0.15, 0.2) is 42.6 Å². The molecule has 0 radical (unpaired) electrons. The number of hydrogen-bond donors (Lipinski definition) is 1. The monoisotopic (exact) mass is 273 g/mol. The van der Waals surface area contributed by atoms with E-state index in [-0.39, 0.29) is 11.9 Å². The van der Waals surface area contributed by atoms with Crippen LogP contribution in [0, 0.1) is 5.82 Å². The predicted molar refractivity (Wildman–Crippen MR) is 78.1 cm³/mol. The third kappa shape index (κ3) is 2.49. The summed E-state index contributed by atoms with van der Waals surface area (Å²) in [6.45, 7) is 3.78. The minimum atomic E-state index is -0.128. The number of halogens is 1. The smallest absolute Gasteiger partial charge is 0.128 e. The maximum atomic E-state index is 14.3. The lowest BCUT2D eigenvalue weighted by Gasteiger charge is -2.35. The fourth-order valence-electron chi connectivity index (χ4n) is 2.94. The van der Waals surface area contributed by atoms with Crippen molar-refractivity contribution in [3.63, 3.8) is 0 Å². The number of aryl methyl sites for hydroxylation is 1. The van der Waals surface area contributed by atoms with Gasteiger partial charge >= 0.3 is 0 Å². The molecule has 1 atom stereocenters. The van der Waals surface area contributed by atoms with Gasteiger partial charge in [0, 0.05) is 50.7 Å². The molecule has 0 aliphatic carbocycles. The summed E-state index contributed by atoms with van der Waals surface area (Å²) in [4.78, 5) is 2.35. The molecule has 0 amide bonds. The van der Waals surface area contributed by atoms with E-state index in [1.165, 1.54) is 0 Å². The van der Waals surface area contributed by atoms with E-state index in [9.17, 15) is 4.39 Å². The second-order valence-electron chi connectivity index (χ2n) is 5.25. The summed E-state index contributed by atoms with van der Waals surface area (Å²) in [6, 6.07) is 11.2. The highest BCUT2D eigenvalue weighted by Gasteiger charge is 2.27. The van der Waals surface area contributed by atoms with Gasteiger partial charge in [0.25, 0.3) is 0 Å². The Kier molecular flexibility index (Phi) is 3.85. The van der Waals surface area contributed by atoms with Gasteiger partial charge < -0.3 is 9.88 Å². The maximum absolute atomic E-state index is 14.3. The quantitative estimate of drug-likeness (QED) is 0.925. The summed E-state index contributed by atoms with van der Waals surface area (Å²) in [5.74, 6) is -0.128. The van der Waals surface area contributed by atoms with Gasteiger partial charge in [0.2, 0.25) is 0 Å². The Hall–Kier alpha value is -1.65. The molecular formula is C16H20FN3. The van der Waals surface area contributed by atoms with E-state index >= 15 is 0 Å². The summed E-state index contributed by atoms with van der Waals surface area (Å²) in [7, 11) is 2.02. The summed E-state index contributed by atoms with van der Waals surface area (Å²) in [5.41, 5.74) is 1.90. The molecule has 1 fully saturated rings. The molecule has 2 heterocycles. The van der Waals surface area contributed by atoms with Crippen molar-refractivity contribution in [1.29, 1.82) is 0 Å². The van der Waals surface area contributed by atoms with Gasteiger partial charge in [-0.05, 0) is 18.2 Å². The molecule has 1 aromatic carbocycles. The zero-order chi connectivity index (χ0) is 13.9. The summed E-state index contributed by atoms with van der Waals surface area (Å²) >= 11 is 0. The molecule has 1 aromatic heterocycles. The number of benzene rings is 1. The van der Waals surface area contributed by atoms with Crippen LogP contribution in [0.25, 0.3) is 0 Å². The van der Waals surface area contributed by atoms with Gasteiger partial charge in [-0.25, -0.2) is 4.39 Å². The Balaban J connectivity index is 2.03. The van der Waals surface area contributed by atoms with E-state index in [1.807, 2.05) is 31.4 Å². The van der Waals surface area contributed by atoms with E-state index in [4.69, 9.17) is 0 Å². The number of aromatic nitrogens is 1. The topological polar surface area (TPSA) is 20.2 Å². The minimum absolute atomic E-state index is 0.0155. The van der Waals surface area contributed by atoms with Gasteiger partial charge in [-0.1, -0.05) is 18.2 Å². The van der Waals surface area contributed by atoms with Crippen LogP contribution in [-0.2, 0) is 7.05 Å². The van der Waals surface area contributed by atoms with E-state index < -0.39 is 0 Å². The van der Waals surface area contributed by atoms with Crippen molar-refractivity contribution in [3.05, 3.63) is 59.7 Å². The molecule has 1 aliphatic rings. The van der Waals surface area contributed by atoms with Gasteiger partial charge in [0.15, 0.2) is 0 Å². The van der Waals surface area contributed by atoms with Gasteiger partial charge in [0.1, 0.15) is 5.82 Å². The fraction of sp³-hybridized carbons (Fsp3) is 0.375. The van der Waals surface area contributed by atoms with Crippen LogP contribution in [0.5, 0.6) is 0 Å². The Labute approximate surface area is 119 Å². The van der Waals surface area contributed by atoms with Crippen molar-refractivity contribution in [3.8, 4) is 0 Å². The highest BCUT2D eigenvalue weighted by molar-refractivity contribution is 5.30. The van der Waals surface area contributed by atoms with Gasteiger partial charge in [-0.3, -0.25) is 4.90 Å². The van der Waals surface area contributed by atoms with Crippen molar-refractivity contribution < 1.29 is 4.39 Å². The lowest BCUT2D eigenvalue weighted by Crippen LogP contribution is -2.46. The zero-order valence-electron chi connectivity index (χ0n) is 11.7. The molecule has 3 nitrogen and oxygen atoms in total. The summed E-state index contributed by atoms with van der Waals surface area (Å²) in [6.07, 6.45) is 2.02. The molecule has 1 N–H and O–H groups in total. The van der Waals surface area contributed by atoms with Crippen molar-refractivity contribution in [2.24, 2.45) is 7.05 Å². The fourth-order valence-corrected chi connectivity index (χ4v) is 2.94. The Bertz CT molecular complexity index is 573. The van der Waals surface area contributed by atoms with Crippen molar-refractivity contribution >= 4 is 0 Å². The largest absolute Gasteiger partial charge is 0.353 e. The van der Waals surface area contributed by atoms with Crippen LogP contribution in [0.4, 0.5) is 4.39 Å². The highest BCUT2D eigenvalue weighted by Crippen LogP contribution is 2.30. The van der Waals surface area contributed by atoms with Crippen molar-refractivity contribution in [2.45, 2.75) is 6.04 Å². The first kappa shape index (κ1) is 13.3. The maximum Gasteiger partial charge on any atom is 0.128 e. The van der Waals surface area contributed by atoms with Gasteiger partial charge in [0.05, 0.1) is 6.04 Å². The van der Waals surface area contributed by atoms with Crippen molar-refractivity contribution in [2.75, 3.05) is 26.2 Å². The third-order valence-corrected chi connectivity index (χ3v) is 3.98. The molecule has 3 rings (SSSR count). The number of piperazine rings is 1. The third-order valence-electron chi connectivity index (χ3n) is 3.98. The lowest BCUT2D eigenvalue weighted by atomic mass is 10.0. The van der Waals surface area contributed by atoms with Gasteiger partial charge in [-0.15, -0.1) is 0 Å². The molecule has 1 unspecified atom stereocenters. The zero-order valence-corrected chi connectivity index (χ0v) is 11.7. The van der Waals surface area contributed by atoms with E-state index in [1.54, 1.807) is 12.1 Å². The Morgan fingerprint density at radius 1 is 1.10 bits per heavy atom. The van der Waals surface area contributed by atoms with Crippen molar-refractivity contribution in [1.82, 2.24) is 14.8 Å². The van der Waals surface area contributed by atoms with E-state index in [2.05, 4.69) is 20.9 Å². The van der Waals surface area contributed by atoms with E-state index in [0.29, 0.717) is 0 Å². The Morgan fingerprint density at radius 2 is 1.85 bits per heavy atom. The molecule has 20 heavy (non-hydrogen) atoms. The molecular weight excluding hydrogens is 253 g/mol. The summed E-state index contributed by atoms with van der Waals surface area (Å²) < 4.78 is 16.3. The lowest BCUT2D eigenvalue weighted by molar-refractivity contribution is 0.190. The first-order chi connectivity index (χ1) is 9.77. The van der Waals surface area contributed by atoms with Crippen LogP contribution in [0.3, 0.4) is 0 Å². The predicted octanol–water partition coefficient (Wildman–Crippen LogP) is 2.16. The first-order valence-electron chi connectivity index (χ1n) is 7.08. The van der Waals surface area contributed by atoms with Crippen LogP contribution in [0.1, 0.15) is 17.3 Å². The summed E-state index contributed by atoms with van der Waals surface area (Å²) in [5, 5.41) is 3.35. The normalized spacial score (nSPS) is 18.1. The molecule has 0 bridgehead atoms. The standard InChI is InChI=1S/C16H20FN3/c1-19-10-4-7-15(19)16(20-11-8-18-9-12-20)13-5-2-3-6-14(13)17/h2-7,10,16,18H,8-9,11-12H2,1H3. The second-order valence-corrected chi connectivity index (χ2v) is 5.25. The Morgan fingerprint density at radius 3 is 2.50 bits per heavy atom. The number of rotatable bonds is 3. The van der Waals surface area contributed by atoms with Crippen LogP contribution in [0.2, 0.25) is 0 Å². The average Bonchev–Trinajstić information content (AvgIpc) is 2.89. The highest BCUT2D eigenvalue weighted by atomic mass is 19.1. The minimum Gasteiger partial charge on any atom is -0.353 e. The molecule has 106 valence electrons. The molecule has 0 saturated carbocycles. The number of hydrogen-bond acceptors (Lipinski definition) is 2. The molecule has 4 heteroatoms. The molecule has 2 aromatic rings. The molecule has 1 aliphatic heterocycles. The molecule has 1 saturated heterocycles. The van der Waals surface area contributed by atoms with Crippen LogP contribution in [-0.4, -0.2) is 35.6 Å². The number of nitrogens with one attached hydrogen (secondary N) is 1. The average molecular weight is 273 g/mol. The SMILES string of the molecule is Cn1cccc1C(c1ccccc1F)N1CCNCC1. The number of nitrogens with zero attached hydrogens (tertiary/aromatic N) is 2. The van der Waals surface area contributed by atoms with Gasteiger partial charge in [-0.2, -0.15) is 0 Å². The first-order valence-corrected chi connectivity index (χ1v) is 7.08. The van der Waals surface area contributed by atoms with Crippen LogP contribution < -0.4 is 5.32 Å². The second kappa shape index (κ2) is 5.77. The molecule has 0 spiro atoms.